The number of carbonyl (C=O) groups excluding carboxylic acids is 1. The molecule has 1 aliphatic carbocycles. The number of hydrogen-bond acceptors (Lipinski definition) is 4. The zero-order valence-corrected chi connectivity index (χ0v) is 19.3. The molecule has 1 aromatic heterocycles. The summed E-state index contributed by atoms with van der Waals surface area (Å²) in [6, 6.07) is 2.81. The summed E-state index contributed by atoms with van der Waals surface area (Å²) in [7, 11) is 1.99. The number of piperazine rings is 1. The van der Waals surface area contributed by atoms with Crippen molar-refractivity contribution in [1.29, 1.82) is 0 Å². The minimum absolute atomic E-state index is 0.203. The molecule has 3 rings (SSSR count). The number of nitrogens with zero attached hydrogens (tertiary/aromatic N) is 3. The summed E-state index contributed by atoms with van der Waals surface area (Å²) < 4.78 is 38.0. The first-order valence-electron chi connectivity index (χ1n) is 11.3. The Morgan fingerprint density at radius 1 is 1.19 bits per heavy atom. The predicted octanol–water partition coefficient (Wildman–Crippen LogP) is 4.58. The van der Waals surface area contributed by atoms with Crippen LogP contribution in [0.4, 0.5) is 18.9 Å². The number of likely N-dealkylation sites (N-methyl/N-ethyl adjacent to an activating group) is 1. The Kier molecular flexibility index (Phi) is 9.59. The van der Waals surface area contributed by atoms with E-state index >= 15 is 0 Å². The molecule has 2 heterocycles. The van der Waals surface area contributed by atoms with Crippen LogP contribution in [-0.2, 0) is 0 Å². The third-order valence-corrected chi connectivity index (χ3v) is 6.69. The van der Waals surface area contributed by atoms with Gasteiger partial charge in [0.05, 0.1) is 12.2 Å². The molecule has 0 spiro atoms. The van der Waals surface area contributed by atoms with Crippen LogP contribution in [0.25, 0.3) is 0 Å². The quantitative estimate of drug-likeness (QED) is 0.655. The molecule has 0 bridgehead atoms. The van der Waals surface area contributed by atoms with Gasteiger partial charge in [-0.2, -0.15) is 4.39 Å². The maximum Gasteiger partial charge on any atom is 0.270 e. The minimum atomic E-state index is -2.65. The van der Waals surface area contributed by atoms with Crippen LogP contribution in [-0.4, -0.2) is 62.0 Å². The van der Waals surface area contributed by atoms with Gasteiger partial charge in [0.2, 0.25) is 5.95 Å². The Hall–Kier alpha value is -1.83. The Balaban J connectivity index is 0.000000285. The molecule has 1 saturated carbocycles. The van der Waals surface area contributed by atoms with Crippen LogP contribution >= 0.6 is 0 Å². The van der Waals surface area contributed by atoms with Crippen molar-refractivity contribution in [1.82, 2.24) is 15.2 Å². The van der Waals surface area contributed by atoms with E-state index in [1.165, 1.54) is 44.2 Å². The predicted molar refractivity (Wildman–Crippen MR) is 118 cm³/mol. The van der Waals surface area contributed by atoms with Crippen LogP contribution in [0.15, 0.2) is 12.1 Å². The van der Waals surface area contributed by atoms with E-state index < -0.39 is 24.8 Å². The lowest BCUT2D eigenvalue weighted by Crippen LogP contribution is -2.45. The number of rotatable bonds is 6. The fourth-order valence-corrected chi connectivity index (χ4v) is 4.09. The smallest absolute Gasteiger partial charge is 0.270 e. The second kappa shape index (κ2) is 11.7. The zero-order chi connectivity index (χ0) is 23.0. The van der Waals surface area contributed by atoms with E-state index in [1.54, 1.807) is 0 Å². The van der Waals surface area contributed by atoms with Crippen LogP contribution in [0.5, 0.6) is 0 Å². The van der Waals surface area contributed by atoms with Crippen LogP contribution in [0.2, 0.25) is 0 Å². The van der Waals surface area contributed by atoms with Crippen molar-refractivity contribution >= 4 is 11.6 Å². The number of alkyl halides is 2. The van der Waals surface area contributed by atoms with Gasteiger partial charge in [-0.3, -0.25) is 4.79 Å². The van der Waals surface area contributed by atoms with Gasteiger partial charge in [-0.15, -0.1) is 0 Å². The Labute approximate surface area is 184 Å². The molecule has 1 aromatic rings. The molecule has 1 saturated heterocycles. The van der Waals surface area contributed by atoms with Crippen LogP contribution < -0.4 is 10.2 Å². The summed E-state index contributed by atoms with van der Waals surface area (Å²) >= 11 is 0. The zero-order valence-electron chi connectivity index (χ0n) is 19.3. The van der Waals surface area contributed by atoms with Gasteiger partial charge in [-0.05, 0) is 43.4 Å². The molecule has 2 aliphatic rings. The minimum Gasteiger partial charge on any atom is -0.365 e. The van der Waals surface area contributed by atoms with Crippen molar-refractivity contribution < 1.29 is 18.0 Å². The number of nitrogens with one attached hydrogen (secondary N) is 1. The van der Waals surface area contributed by atoms with Crippen LogP contribution in [0.3, 0.4) is 0 Å². The van der Waals surface area contributed by atoms with E-state index in [2.05, 4.69) is 30.7 Å². The maximum absolute atomic E-state index is 14.0. The molecule has 31 heavy (non-hydrogen) atoms. The van der Waals surface area contributed by atoms with E-state index in [-0.39, 0.29) is 5.69 Å². The number of hydrogen-bond donors (Lipinski definition) is 1. The number of pyridine rings is 1. The molecule has 1 N–H and O–H groups in total. The van der Waals surface area contributed by atoms with Crippen molar-refractivity contribution in [2.24, 2.45) is 11.3 Å². The van der Waals surface area contributed by atoms with Gasteiger partial charge in [0, 0.05) is 26.2 Å². The Bertz CT molecular complexity index is 700. The van der Waals surface area contributed by atoms with E-state index in [0.717, 1.165) is 19.0 Å². The Morgan fingerprint density at radius 3 is 2.32 bits per heavy atom. The lowest BCUT2D eigenvalue weighted by atomic mass is 9.76. The van der Waals surface area contributed by atoms with Crippen LogP contribution in [0, 0.1) is 17.3 Å². The first-order chi connectivity index (χ1) is 14.6. The maximum atomic E-state index is 14.0. The molecule has 5 nitrogen and oxygen atoms in total. The van der Waals surface area contributed by atoms with Crippen LogP contribution in [0.1, 0.15) is 63.4 Å². The van der Waals surface area contributed by atoms with Crippen molar-refractivity contribution in [3.8, 4) is 0 Å². The molecule has 1 aliphatic heterocycles. The van der Waals surface area contributed by atoms with Gasteiger partial charge in [0.1, 0.15) is 5.69 Å². The third kappa shape index (κ3) is 7.66. The van der Waals surface area contributed by atoms with E-state index in [9.17, 15) is 18.0 Å². The van der Waals surface area contributed by atoms with Gasteiger partial charge < -0.3 is 15.1 Å². The molecule has 0 unspecified atom stereocenters. The summed E-state index contributed by atoms with van der Waals surface area (Å²) in [5.41, 5.74) is 0.746. The SMILES string of the molecule is CCC(C)(C)C1CCCC1.CN1CCN(c2ccc(C(=O)NCC(F)F)nc2F)CC1. The van der Waals surface area contributed by atoms with E-state index in [1.807, 2.05) is 17.3 Å². The first-order valence-corrected chi connectivity index (χ1v) is 11.3. The van der Waals surface area contributed by atoms with Gasteiger partial charge in [0.15, 0.2) is 0 Å². The lowest BCUT2D eigenvalue weighted by molar-refractivity contribution is 0.0886. The van der Waals surface area contributed by atoms with E-state index in [0.29, 0.717) is 24.2 Å². The number of aromatic nitrogens is 1. The van der Waals surface area contributed by atoms with Gasteiger partial charge in [-0.1, -0.05) is 40.0 Å². The monoisotopic (exact) mass is 442 g/mol. The Morgan fingerprint density at radius 2 is 1.81 bits per heavy atom. The third-order valence-electron chi connectivity index (χ3n) is 6.69. The largest absolute Gasteiger partial charge is 0.365 e. The van der Waals surface area contributed by atoms with Crippen molar-refractivity contribution in [3.63, 3.8) is 0 Å². The lowest BCUT2D eigenvalue weighted by Gasteiger charge is -2.33. The molecular weight excluding hydrogens is 405 g/mol. The number of anilines is 1. The second-order valence-corrected chi connectivity index (χ2v) is 9.22. The van der Waals surface area contributed by atoms with Gasteiger partial charge in [0.25, 0.3) is 12.3 Å². The molecule has 8 heteroatoms. The molecule has 0 radical (unpaired) electrons. The number of carbonyl (C=O) groups is 1. The molecular formula is C23H37F3N4O. The topological polar surface area (TPSA) is 48.5 Å². The standard InChI is InChI=1S/C13H17F3N4O.C10H20/c1-19-4-6-20(7-5-19)10-3-2-9(18-12(10)16)13(21)17-8-11(14)15;1-4-10(2,3)9-7-5-6-8-9/h2-3,11H,4-8H2,1H3,(H,17,21);9H,4-8H2,1-3H3. The molecule has 0 atom stereocenters. The highest BCUT2D eigenvalue weighted by molar-refractivity contribution is 5.92. The summed E-state index contributed by atoms with van der Waals surface area (Å²) in [5.74, 6) is -0.541. The van der Waals surface area contributed by atoms with Crippen molar-refractivity contribution in [2.45, 2.75) is 59.3 Å². The summed E-state index contributed by atoms with van der Waals surface area (Å²) in [6.07, 6.45) is 4.63. The normalized spacial score (nSPS) is 18.1. The average Bonchev–Trinajstić information content (AvgIpc) is 3.29. The second-order valence-electron chi connectivity index (χ2n) is 9.22. The summed E-state index contributed by atoms with van der Waals surface area (Å²) in [5, 5.41) is 1.99. The molecule has 176 valence electrons. The highest BCUT2D eigenvalue weighted by atomic mass is 19.3. The van der Waals surface area contributed by atoms with Gasteiger partial charge in [-0.25, -0.2) is 13.8 Å². The number of halogens is 3. The summed E-state index contributed by atoms with van der Waals surface area (Å²) in [6.45, 7) is 9.36. The average molecular weight is 443 g/mol. The first kappa shape index (κ1) is 25.4. The highest BCUT2D eigenvalue weighted by Crippen LogP contribution is 2.41. The van der Waals surface area contributed by atoms with Crippen molar-refractivity contribution in [2.75, 3.05) is 44.7 Å². The molecule has 0 aromatic carbocycles. The fraction of sp³-hybridized carbons (Fsp3) is 0.739. The molecule has 1 amide bonds. The summed E-state index contributed by atoms with van der Waals surface area (Å²) in [4.78, 5) is 19.1. The van der Waals surface area contributed by atoms with E-state index in [4.69, 9.17) is 0 Å². The van der Waals surface area contributed by atoms with Gasteiger partial charge >= 0.3 is 0 Å². The highest BCUT2D eigenvalue weighted by Gasteiger charge is 2.29. The fourth-order valence-electron chi connectivity index (χ4n) is 4.09. The molecule has 2 fully saturated rings. The number of amides is 1. The van der Waals surface area contributed by atoms with Crippen molar-refractivity contribution in [3.05, 3.63) is 23.8 Å².